The molecule has 1 heterocycles. The van der Waals surface area contributed by atoms with E-state index in [9.17, 15) is 26.0 Å². The fraction of sp³-hybridized carbons (Fsp3) is 0.571. The van der Waals surface area contributed by atoms with Crippen LogP contribution in [0.15, 0.2) is 29.2 Å². The van der Waals surface area contributed by atoms with Gasteiger partial charge in [-0.15, -0.1) is 0 Å². The fourth-order valence-corrected chi connectivity index (χ4v) is 3.71. The number of rotatable bonds is 7. The highest BCUT2D eigenvalue weighted by molar-refractivity contribution is 7.89. The zero-order valence-electron chi connectivity index (χ0n) is 12.7. The van der Waals surface area contributed by atoms with E-state index in [4.69, 9.17) is 0 Å². The van der Waals surface area contributed by atoms with Gasteiger partial charge in [-0.25, -0.2) is 17.2 Å². The molecular formula is C14H18F4N2O3S. The van der Waals surface area contributed by atoms with Crippen molar-refractivity contribution in [3.63, 3.8) is 0 Å². The van der Waals surface area contributed by atoms with Crippen LogP contribution in [0.5, 0.6) is 0 Å². The summed E-state index contributed by atoms with van der Waals surface area (Å²) in [6, 6.07) is 5.64. The molecule has 1 aliphatic heterocycles. The smallest absolute Gasteiger partial charge is 0.330 e. The Bertz CT molecular complexity index is 649. The first kappa shape index (κ1) is 19.1. The van der Waals surface area contributed by atoms with E-state index in [1.165, 1.54) is 28.6 Å². The summed E-state index contributed by atoms with van der Waals surface area (Å²) >= 11 is 0. The first-order valence-electron chi connectivity index (χ1n) is 7.27. The van der Waals surface area contributed by atoms with Crippen LogP contribution in [0.4, 0.5) is 17.6 Å². The molecule has 0 amide bonds. The first-order chi connectivity index (χ1) is 11.2. The van der Waals surface area contributed by atoms with Crippen LogP contribution in [-0.4, -0.2) is 57.9 Å². The van der Waals surface area contributed by atoms with Crippen LogP contribution in [0.2, 0.25) is 0 Å². The topological polar surface area (TPSA) is 58.6 Å². The highest BCUT2D eigenvalue weighted by Gasteiger charge is 2.40. The van der Waals surface area contributed by atoms with Crippen molar-refractivity contribution in [2.24, 2.45) is 0 Å². The molecule has 1 saturated heterocycles. The van der Waals surface area contributed by atoms with E-state index in [1.54, 1.807) is 0 Å². The Morgan fingerprint density at radius 1 is 1.25 bits per heavy atom. The highest BCUT2D eigenvalue weighted by Crippen LogP contribution is 2.24. The number of nitrogens with zero attached hydrogens (tertiary/aromatic N) is 1. The maximum Gasteiger partial charge on any atom is 0.330 e. The van der Waals surface area contributed by atoms with Crippen LogP contribution in [-0.2, 0) is 21.4 Å². The largest absolute Gasteiger partial charge is 0.370 e. The molecule has 1 aliphatic rings. The quantitative estimate of drug-likeness (QED) is 0.743. The van der Waals surface area contributed by atoms with Gasteiger partial charge in [-0.05, 0) is 17.7 Å². The van der Waals surface area contributed by atoms with Gasteiger partial charge in [0.2, 0.25) is 10.0 Å². The Labute approximate surface area is 137 Å². The Balaban J connectivity index is 2.03. The number of hydrogen-bond donors (Lipinski definition) is 1. The summed E-state index contributed by atoms with van der Waals surface area (Å²) in [5.41, 5.74) is 0.316. The normalized spacial score (nSPS) is 17.4. The lowest BCUT2D eigenvalue weighted by Gasteiger charge is -2.26. The summed E-state index contributed by atoms with van der Waals surface area (Å²) in [6.45, 7) is -0.0461. The monoisotopic (exact) mass is 370 g/mol. The Morgan fingerprint density at radius 2 is 1.92 bits per heavy atom. The second-order valence-corrected chi connectivity index (χ2v) is 7.29. The van der Waals surface area contributed by atoms with Gasteiger partial charge in [0, 0.05) is 26.2 Å². The summed E-state index contributed by atoms with van der Waals surface area (Å²) in [4.78, 5) is 0.0196. The zero-order valence-corrected chi connectivity index (χ0v) is 13.5. The molecular weight excluding hydrogens is 352 g/mol. The van der Waals surface area contributed by atoms with E-state index in [1.807, 2.05) is 0 Å². The van der Waals surface area contributed by atoms with Gasteiger partial charge in [0.25, 0.3) is 0 Å². The molecule has 10 heteroatoms. The van der Waals surface area contributed by atoms with E-state index in [0.717, 1.165) is 0 Å². The van der Waals surface area contributed by atoms with Gasteiger partial charge in [-0.3, -0.25) is 0 Å². The van der Waals surface area contributed by atoms with Crippen molar-refractivity contribution in [3.8, 4) is 0 Å². The van der Waals surface area contributed by atoms with Gasteiger partial charge >= 0.3 is 12.3 Å². The maximum atomic E-state index is 12.8. The molecule has 24 heavy (non-hydrogen) atoms. The number of nitrogens with one attached hydrogen (secondary N) is 1. The molecule has 0 saturated carbocycles. The van der Waals surface area contributed by atoms with Crippen molar-refractivity contribution < 1.29 is 30.7 Å². The minimum Gasteiger partial charge on any atom is -0.370 e. The fourth-order valence-electron chi connectivity index (χ4n) is 2.20. The molecule has 0 radical (unpaired) electrons. The molecule has 1 fully saturated rings. The van der Waals surface area contributed by atoms with Crippen LogP contribution >= 0.6 is 0 Å². The number of benzene rings is 1. The number of halogens is 4. The summed E-state index contributed by atoms with van der Waals surface area (Å²) in [6.07, 6.45) is -3.81. The summed E-state index contributed by atoms with van der Waals surface area (Å²) < 4.78 is 80.6. The van der Waals surface area contributed by atoms with Crippen molar-refractivity contribution in [2.75, 3.05) is 32.8 Å². The van der Waals surface area contributed by atoms with Crippen molar-refractivity contribution in [2.45, 2.75) is 23.9 Å². The standard InChI is InChI=1S/C14H18F4N2O3S/c15-13(16)14(17,18)10-23-9-11-2-1-3-12(8-11)24(21,22)20-6-4-19-5-7-20/h1-3,8,13,19H,4-7,9-10H2. The molecule has 0 aliphatic carbocycles. The minimum absolute atomic E-state index is 0.0196. The first-order valence-corrected chi connectivity index (χ1v) is 8.71. The molecule has 2 rings (SSSR count). The van der Waals surface area contributed by atoms with Crippen LogP contribution in [0.1, 0.15) is 5.56 Å². The molecule has 5 nitrogen and oxygen atoms in total. The molecule has 0 aromatic heterocycles. The number of sulfonamides is 1. The predicted molar refractivity (Wildman–Crippen MR) is 78.7 cm³/mol. The van der Waals surface area contributed by atoms with Crippen LogP contribution in [0.25, 0.3) is 0 Å². The summed E-state index contributed by atoms with van der Waals surface area (Å²) in [7, 11) is -3.68. The third-order valence-corrected chi connectivity index (χ3v) is 5.39. The van der Waals surface area contributed by atoms with Crippen LogP contribution in [0, 0.1) is 0 Å². The average molecular weight is 370 g/mol. The van der Waals surface area contributed by atoms with Crippen molar-refractivity contribution in [1.29, 1.82) is 0 Å². The maximum absolute atomic E-state index is 12.8. The molecule has 1 N–H and O–H groups in total. The van der Waals surface area contributed by atoms with E-state index in [-0.39, 0.29) is 11.5 Å². The van der Waals surface area contributed by atoms with Crippen molar-refractivity contribution in [1.82, 2.24) is 9.62 Å². The average Bonchev–Trinajstić information content (AvgIpc) is 2.55. The molecule has 1 aromatic rings. The van der Waals surface area contributed by atoms with Gasteiger partial charge in [0.15, 0.2) is 0 Å². The second kappa shape index (κ2) is 7.77. The molecule has 136 valence electrons. The van der Waals surface area contributed by atoms with Crippen LogP contribution < -0.4 is 5.32 Å². The Morgan fingerprint density at radius 3 is 2.54 bits per heavy atom. The van der Waals surface area contributed by atoms with Gasteiger partial charge in [-0.1, -0.05) is 12.1 Å². The van der Waals surface area contributed by atoms with Crippen molar-refractivity contribution >= 4 is 10.0 Å². The lowest BCUT2D eigenvalue weighted by Crippen LogP contribution is -2.46. The van der Waals surface area contributed by atoms with E-state index < -0.39 is 29.0 Å². The summed E-state index contributed by atoms with van der Waals surface area (Å²) in [5, 5.41) is 3.04. The Hall–Kier alpha value is -1.23. The third-order valence-electron chi connectivity index (χ3n) is 3.49. The van der Waals surface area contributed by atoms with Gasteiger partial charge in [0.05, 0.1) is 11.5 Å². The number of piperazine rings is 1. The van der Waals surface area contributed by atoms with E-state index in [2.05, 4.69) is 10.1 Å². The van der Waals surface area contributed by atoms with E-state index in [0.29, 0.717) is 31.7 Å². The predicted octanol–water partition coefficient (Wildman–Crippen LogP) is 1.70. The third kappa shape index (κ3) is 4.65. The van der Waals surface area contributed by atoms with Gasteiger partial charge < -0.3 is 10.1 Å². The van der Waals surface area contributed by atoms with E-state index >= 15 is 0 Å². The van der Waals surface area contributed by atoms with Crippen LogP contribution in [0.3, 0.4) is 0 Å². The molecule has 1 aromatic carbocycles. The number of alkyl halides is 4. The zero-order chi connectivity index (χ0) is 17.8. The van der Waals surface area contributed by atoms with Gasteiger partial charge in [0.1, 0.15) is 6.61 Å². The lowest BCUT2D eigenvalue weighted by molar-refractivity contribution is -0.168. The number of ether oxygens (including phenoxy) is 1. The number of hydrogen-bond acceptors (Lipinski definition) is 4. The van der Waals surface area contributed by atoms with Crippen molar-refractivity contribution in [3.05, 3.63) is 29.8 Å². The highest BCUT2D eigenvalue weighted by atomic mass is 32.2. The molecule has 0 atom stereocenters. The molecule has 0 bridgehead atoms. The SMILES string of the molecule is O=S(=O)(c1cccc(COCC(F)(F)C(F)F)c1)N1CCNCC1. The molecule has 0 spiro atoms. The summed E-state index contributed by atoms with van der Waals surface area (Å²) in [5.74, 6) is -4.23. The lowest BCUT2D eigenvalue weighted by atomic mass is 10.2. The Kier molecular flexibility index (Phi) is 6.18. The minimum atomic E-state index is -4.23. The van der Waals surface area contributed by atoms with Gasteiger partial charge in [-0.2, -0.15) is 13.1 Å². The molecule has 0 unspecified atom stereocenters. The second-order valence-electron chi connectivity index (χ2n) is 5.36.